The van der Waals surface area contributed by atoms with Gasteiger partial charge in [0.05, 0.1) is 48.4 Å². The van der Waals surface area contributed by atoms with Crippen LogP contribution in [-0.4, -0.2) is 55.5 Å². The van der Waals surface area contributed by atoms with Gasteiger partial charge >= 0.3 is 0 Å². The van der Waals surface area contributed by atoms with E-state index in [1.807, 2.05) is 13.8 Å². The monoisotopic (exact) mass is 486 g/mol. The minimum absolute atomic E-state index is 0.0578. The molecule has 0 bridgehead atoms. The van der Waals surface area contributed by atoms with Crippen LogP contribution in [0, 0.1) is 13.8 Å². The van der Waals surface area contributed by atoms with Gasteiger partial charge in [0.15, 0.2) is 0 Å². The topological polar surface area (TPSA) is 105 Å². The summed E-state index contributed by atoms with van der Waals surface area (Å²) in [5.41, 5.74) is 1.90. The van der Waals surface area contributed by atoms with Crippen LogP contribution in [0.2, 0.25) is 0 Å². The predicted octanol–water partition coefficient (Wildman–Crippen LogP) is 3.22. The predicted molar refractivity (Wildman–Crippen MR) is 119 cm³/mol. The summed E-state index contributed by atoms with van der Waals surface area (Å²) in [5.74, 6) is 0. The molecule has 0 saturated heterocycles. The molecular formula is C22H30O8S2. The van der Waals surface area contributed by atoms with Crippen molar-refractivity contribution in [2.24, 2.45) is 0 Å². The van der Waals surface area contributed by atoms with Gasteiger partial charge in [-0.05, 0) is 52.0 Å². The van der Waals surface area contributed by atoms with Crippen LogP contribution >= 0.6 is 0 Å². The van der Waals surface area contributed by atoms with Crippen LogP contribution in [0.1, 0.15) is 25.0 Å². The first-order valence-corrected chi connectivity index (χ1v) is 13.0. The van der Waals surface area contributed by atoms with Crippen molar-refractivity contribution in [2.45, 2.75) is 49.7 Å². The van der Waals surface area contributed by atoms with Gasteiger partial charge in [0.2, 0.25) is 0 Å². The van der Waals surface area contributed by atoms with E-state index in [0.717, 1.165) is 11.1 Å². The van der Waals surface area contributed by atoms with E-state index in [-0.39, 0.29) is 36.2 Å². The van der Waals surface area contributed by atoms with Crippen molar-refractivity contribution in [1.82, 2.24) is 0 Å². The van der Waals surface area contributed by atoms with Crippen molar-refractivity contribution in [3.05, 3.63) is 59.7 Å². The molecule has 0 amide bonds. The number of benzene rings is 2. The molecule has 32 heavy (non-hydrogen) atoms. The molecule has 0 heterocycles. The average molecular weight is 487 g/mol. The molecule has 0 N–H and O–H groups in total. The highest BCUT2D eigenvalue weighted by Gasteiger charge is 2.20. The summed E-state index contributed by atoms with van der Waals surface area (Å²) >= 11 is 0. The third-order valence-corrected chi connectivity index (χ3v) is 7.14. The van der Waals surface area contributed by atoms with Crippen molar-refractivity contribution in [2.75, 3.05) is 26.4 Å². The van der Waals surface area contributed by atoms with E-state index in [2.05, 4.69) is 0 Å². The zero-order valence-electron chi connectivity index (χ0n) is 18.7. The molecule has 0 aliphatic heterocycles. The summed E-state index contributed by atoms with van der Waals surface area (Å²) in [4.78, 5) is 0.181. The summed E-state index contributed by atoms with van der Waals surface area (Å²) < 4.78 is 70.0. The van der Waals surface area contributed by atoms with Crippen LogP contribution in [0.15, 0.2) is 58.3 Å². The molecule has 2 aromatic carbocycles. The first kappa shape index (κ1) is 26.4. The Morgan fingerprint density at radius 3 is 1.25 bits per heavy atom. The quantitative estimate of drug-likeness (QED) is 0.314. The Morgan fingerprint density at radius 2 is 0.938 bits per heavy atom. The molecule has 0 fully saturated rings. The number of rotatable bonds is 13. The maximum Gasteiger partial charge on any atom is 0.297 e. The van der Waals surface area contributed by atoms with Crippen molar-refractivity contribution in [3.8, 4) is 0 Å². The Balaban J connectivity index is 1.65. The minimum atomic E-state index is -3.86. The van der Waals surface area contributed by atoms with Crippen LogP contribution in [0.25, 0.3) is 0 Å². The maximum atomic E-state index is 12.2. The fourth-order valence-corrected chi connectivity index (χ4v) is 4.76. The van der Waals surface area contributed by atoms with Gasteiger partial charge in [-0.2, -0.15) is 16.8 Å². The lowest BCUT2D eigenvalue weighted by Crippen LogP contribution is -2.23. The lowest BCUT2D eigenvalue weighted by molar-refractivity contribution is 0.000265. The van der Waals surface area contributed by atoms with Gasteiger partial charge in [-0.15, -0.1) is 0 Å². The van der Waals surface area contributed by atoms with Crippen molar-refractivity contribution in [1.29, 1.82) is 0 Å². The fraction of sp³-hybridized carbons (Fsp3) is 0.455. The summed E-state index contributed by atoms with van der Waals surface area (Å²) in [6.45, 7) is 7.42. The van der Waals surface area contributed by atoms with Crippen LogP contribution in [0.4, 0.5) is 0 Å². The lowest BCUT2D eigenvalue weighted by atomic mass is 10.2. The average Bonchev–Trinajstić information content (AvgIpc) is 2.70. The molecular weight excluding hydrogens is 456 g/mol. The van der Waals surface area contributed by atoms with E-state index >= 15 is 0 Å². The molecule has 2 aromatic rings. The molecule has 0 aromatic heterocycles. The summed E-state index contributed by atoms with van der Waals surface area (Å²) in [6, 6.07) is 12.8. The second-order valence-corrected chi connectivity index (χ2v) is 10.6. The van der Waals surface area contributed by atoms with Crippen molar-refractivity contribution in [3.63, 3.8) is 0 Å². The zero-order valence-corrected chi connectivity index (χ0v) is 20.3. The first-order chi connectivity index (χ1) is 15.0. The SMILES string of the molecule is Cc1ccc(S(=O)(=O)OC(C)COCCOCC(C)OS(=O)(=O)c2ccc(C)cc2)cc1. The Labute approximate surface area is 190 Å². The third kappa shape index (κ3) is 8.61. The molecule has 10 heteroatoms. The van der Waals surface area contributed by atoms with Gasteiger partial charge in [0.25, 0.3) is 20.2 Å². The second-order valence-electron chi connectivity index (χ2n) is 7.50. The summed E-state index contributed by atoms with van der Waals surface area (Å²) in [5, 5.41) is 0. The fourth-order valence-electron chi connectivity index (χ4n) is 2.63. The molecule has 0 spiro atoms. The normalized spacial score (nSPS) is 14.2. The van der Waals surface area contributed by atoms with E-state index < -0.39 is 32.4 Å². The second kappa shape index (κ2) is 11.9. The Morgan fingerprint density at radius 1 is 0.625 bits per heavy atom. The molecule has 2 atom stereocenters. The third-order valence-electron chi connectivity index (χ3n) is 4.28. The molecule has 0 saturated carbocycles. The first-order valence-electron chi connectivity index (χ1n) is 10.1. The van der Waals surface area contributed by atoms with Crippen LogP contribution in [0.3, 0.4) is 0 Å². The van der Waals surface area contributed by atoms with Gasteiger partial charge in [0, 0.05) is 0 Å². The highest BCUT2D eigenvalue weighted by molar-refractivity contribution is 7.87. The van der Waals surface area contributed by atoms with E-state index in [0.29, 0.717) is 0 Å². The zero-order chi connectivity index (χ0) is 23.8. The van der Waals surface area contributed by atoms with Crippen LogP contribution < -0.4 is 0 Å². The lowest BCUT2D eigenvalue weighted by Gasteiger charge is -2.15. The Hall–Kier alpha value is -1.82. The number of hydrogen-bond donors (Lipinski definition) is 0. The highest BCUT2D eigenvalue weighted by atomic mass is 32.2. The molecule has 2 rings (SSSR count). The van der Waals surface area contributed by atoms with Gasteiger partial charge < -0.3 is 9.47 Å². The van der Waals surface area contributed by atoms with E-state index in [1.165, 1.54) is 24.3 Å². The summed E-state index contributed by atoms with van der Waals surface area (Å²) in [7, 11) is -7.72. The highest BCUT2D eigenvalue weighted by Crippen LogP contribution is 2.16. The number of aryl methyl sites for hydroxylation is 2. The van der Waals surface area contributed by atoms with Gasteiger partial charge in [-0.25, -0.2) is 0 Å². The molecule has 0 aliphatic rings. The maximum absolute atomic E-state index is 12.2. The van der Waals surface area contributed by atoms with Gasteiger partial charge in [0.1, 0.15) is 0 Å². The van der Waals surface area contributed by atoms with E-state index in [9.17, 15) is 16.8 Å². The minimum Gasteiger partial charge on any atom is -0.376 e. The molecule has 0 aliphatic carbocycles. The standard InChI is InChI=1S/C22H30O8S2/c1-17-5-9-21(10-6-17)31(23,24)29-19(3)15-27-13-14-28-16-20(4)30-32(25,26)22-11-7-18(2)8-12-22/h5-12,19-20H,13-16H2,1-4H3. The molecule has 178 valence electrons. The van der Waals surface area contributed by atoms with Crippen molar-refractivity contribution >= 4 is 20.2 Å². The Kier molecular flexibility index (Phi) is 9.81. The van der Waals surface area contributed by atoms with Gasteiger partial charge in [-0.1, -0.05) is 35.4 Å². The van der Waals surface area contributed by atoms with E-state index in [1.54, 1.807) is 38.1 Å². The smallest absolute Gasteiger partial charge is 0.297 e. The summed E-state index contributed by atoms with van der Waals surface area (Å²) in [6.07, 6.45) is -1.36. The Bertz CT molecular complexity index is 959. The largest absolute Gasteiger partial charge is 0.376 e. The van der Waals surface area contributed by atoms with E-state index in [4.69, 9.17) is 17.8 Å². The molecule has 0 radical (unpaired) electrons. The molecule has 8 nitrogen and oxygen atoms in total. The van der Waals surface area contributed by atoms with Crippen LogP contribution in [0.5, 0.6) is 0 Å². The van der Waals surface area contributed by atoms with Gasteiger partial charge in [-0.3, -0.25) is 8.37 Å². The van der Waals surface area contributed by atoms with Crippen LogP contribution in [-0.2, 0) is 38.1 Å². The number of ether oxygens (including phenoxy) is 2. The van der Waals surface area contributed by atoms with Crippen molar-refractivity contribution < 1.29 is 34.7 Å². The number of hydrogen-bond acceptors (Lipinski definition) is 8. The molecule has 2 unspecified atom stereocenters.